The van der Waals surface area contributed by atoms with E-state index in [1.54, 1.807) is 10.6 Å². The normalized spacial score (nSPS) is 31.1. The van der Waals surface area contributed by atoms with Gasteiger partial charge in [-0.15, -0.1) is 0 Å². The van der Waals surface area contributed by atoms with Gasteiger partial charge in [0.05, 0.1) is 30.8 Å². The van der Waals surface area contributed by atoms with Crippen LogP contribution in [0.15, 0.2) is 22.8 Å². The first-order chi connectivity index (χ1) is 10.6. The predicted molar refractivity (Wildman–Crippen MR) is 80.7 cm³/mol. The van der Waals surface area contributed by atoms with E-state index >= 15 is 0 Å². The molecule has 0 aromatic carbocycles. The van der Waals surface area contributed by atoms with Gasteiger partial charge in [0, 0.05) is 32.1 Å². The second-order valence-corrected chi connectivity index (χ2v) is 8.76. The number of fused-ring (bicyclic) bond motifs is 1. The molecule has 0 spiro atoms. The van der Waals surface area contributed by atoms with Crippen molar-refractivity contribution in [3.63, 3.8) is 0 Å². The molecule has 2 atom stereocenters. The molecule has 4 rings (SSSR count). The third-order valence-electron chi connectivity index (χ3n) is 4.84. The van der Waals surface area contributed by atoms with E-state index in [0.717, 1.165) is 38.2 Å². The molecule has 2 aliphatic heterocycles. The second-order valence-electron chi connectivity index (χ2n) is 6.55. The summed E-state index contributed by atoms with van der Waals surface area (Å²) in [5.74, 6) is 1.20. The quantitative estimate of drug-likeness (QED) is 0.823. The SMILES string of the molecule is O=S(=O)(C1CC1)N1C[C@@H]2CN(Cc3ccco3)CCO[C@@H]2C1. The highest BCUT2D eigenvalue weighted by atomic mass is 32.2. The number of nitrogens with zero attached hydrogens (tertiary/aromatic N) is 2. The highest BCUT2D eigenvalue weighted by Gasteiger charge is 2.46. The lowest BCUT2D eigenvalue weighted by atomic mass is 10.1. The number of hydrogen-bond donors (Lipinski definition) is 0. The van der Waals surface area contributed by atoms with Gasteiger partial charge in [0.15, 0.2) is 0 Å². The van der Waals surface area contributed by atoms with Gasteiger partial charge in [0.2, 0.25) is 10.0 Å². The molecule has 3 aliphatic rings. The van der Waals surface area contributed by atoms with Crippen molar-refractivity contribution in [3.8, 4) is 0 Å². The molecule has 6 nitrogen and oxygen atoms in total. The number of rotatable bonds is 4. The Morgan fingerprint density at radius 2 is 2.09 bits per heavy atom. The summed E-state index contributed by atoms with van der Waals surface area (Å²) in [5.41, 5.74) is 0. The summed E-state index contributed by atoms with van der Waals surface area (Å²) in [5, 5.41) is -0.130. The van der Waals surface area contributed by atoms with E-state index in [9.17, 15) is 8.42 Å². The molecule has 2 saturated heterocycles. The van der Waals surface area contributed by atoms with Crippen molar-refractivity contribution in [1.29, 1.82) is 0 Å². The molecule has 1 saturated carbocycles. The number of ether oxygens (including phenoxy) is 1. The lowest BCUT2D eigenvalue weighted by molar-refractivity contribution is 0.0546. The molecule has 0 bridgehead atoms. The molecule has 3 heterocycles. The van der Waals surface area contributed by atoms with Crippen LogP contribution in [-0.2, 0) is 21.3 Å². The summed E-state index contributed by atoms with van der Waals surface area (Å²) in [6.45, 7) is 4.26. The van der Waals surface area contributed by atoms with E-state index in [1.807, 2.05) is 12.1 Å². The highest BCUT2D eigenvalue weighted by Crippen LogP contribution is 2.35. The van der Waals surface area contributed by atoms with Crippen LogP contribution in [0.4, 0.5) is 0 Å². The molecule has 1 aromatic rings. The average molecular weight is 326 g/mol. The fraction of sp³-hybridized carbons (Fsp3) is 0.733. The van der Waals surface area contributed by atoms with Crippen LogP contribution >= 0.6 is 0 Å². The van der Waals surface area contributed by atoms with Gasteiger partial charge in [-0.1, -0.05) is 0 Å². The fourth-order valence-electron chi connectivity index (χ4n) is 3.47. The van der Waals surface area contributed by atoms with Gasteiger partial charge in [0.1, 0.15) is 5.76 Å². The minimum Gasteiger partial charge on any atom is -0.468 e. The van der Waals surface area contributed by atoms with E-state index in [4.69, 9.17) is 9.15 Å². The van der Waals surface area contributed by atoms with Crippen LogP contribution in [0.5, 0.6) is 0 Å². The van der Waals surface area contributed by atoms with Crippen molar-refractivity contribution in [2.24, 2.45) is 5.92 Å². The van der Waals surface area contributed by atoms with Gasteiger partial charge in [0.25, 0.3) is 0 Å². The summed E-state index contributed by atoms with van der Waals surface area (Å²) in [4.78, 5) is 2.30. The molecule has 0 unspecified atom stereocenters. The molecular weight excluding hydrogens is 304 g/mol. The first-order valence-corrected chi connectivity index (χ1v) is 9.48. The Morgan fingerprint density at radius 3 is 2.82 bits per heavy atom. The average Bonchev–Trinajstić information content (AvgIpc) is 3.16. The number of sulfonamides is 1. The fourth-order valence-corrected chi connectivity index (χ4v) is 5.38. The summed E-state index contributed by atoms with van der Waals surface area (Å²) in [7, 11) is -3.09. The summed E-state index contributed by atoms with van der Waals surface area (Å²) >= 11 is 0. The first kappa shape index (κ1) is 14.7. The molecule has 0 amide bonds. The Bertz CT molecular complexity index is 611. The zero-order chi connectivity index (χ0) is 15.2. The van der Waals surface area contributed by atoms with Crippen LogP contribution in [0, 0.1) is 5.92 Å². The van der Waals surface area contributed by atoms with Crippen LogP contribution in [0.1, 0.15) is 18.6 Å². The van der Waals surface area contributed by atoms with E-state index in [1.165, 1.54) is 0 Å². The Kier molecular flexibility index (Phi) is 3.76. The van der Waals surface area contributed by atoms with Crippen LogP contribution < -0.4 is 0 Å². The third-order valence-corrected chi connectivity index (χ3v) is 7.18. The lowest BCUT2D eigenvalue weighted by Crippen LogP contribution is -2.35. The monoisotopic (exact) mass is 326 g/mol. The lowest BCUT2D eigenvalue weighted by Gasteiger charge is -2.22. The van der Waals surface area contributed by atoms with Crippen molar-refractivity contribution in [2.75, 3.05) is 32.8 Å². The topological polar surface area (TPSA) is 63.0 Å². The Balaban J connectivity index is 1.43. The first-order valence-electron chi connectivity index (χ1n) is 7.98. The number of hydrogen-bond acceptors (Lipinski definition) is 5. The van der Waals surface area contributed by atoms with Gasteiger partial charge < -0.3 is 9.15 Å². The van der Waals surface area contributed by atoms with Crippen molar-refractivity contribution in [2.45, 2.75) is 30.7 Å². The molecule has 0 radical (unpaired) electrons. The Hall–Kier alpha value is -0.890. The maximum Gasteiger partial charge on any atom is 0.217 e. The van der Waals surface area contributed by atoms with E-state index in [-0.39, 0.29) is 17.3 Å². The molecule has 1 aliphatic carbocycles. The van der Waals surface area contributed by atoms with Crippen LogP contribution in [0.3, 0.4) is 0 Å². The molecule has 3 fully saturated rings. The molecule has 22 heavy (non-hydrogen) atoms. The minimum atomic E-state index is -3.09. The van der Waals surface area contributed by atoms with Gasteiger partial charge in [-0.2, -0.15) is 4.31 Å². The van der Waals surface area contributed by atoms with Gasteiger partial charge >= 0.3 is 0 Å². The smallest absolute Gasteiger partial charge is 0.217 e. The molecule has 122 valence electrons. The Morgan fingerprint density at radius 1 is 1.23 bits per heavy atom. The largest absolute Gasteiger partial charge is 0.468 e. The zero-order valence-electron chi connectivity index (χ0n) is 12.6. The van der Waals surface area contributed by atoms with Crippen molar-refractivity contribution >= 4 is 10.0 Å². The second kappa shape index (κ2) is 5.63. The van der Waals surface area contributed by atoms with Crippen LogP contribution in [0.25, 0.3) is 0 Å². The summed E-state index contributed by atoms with van der Waals surface area (Å²) in [6, 6.07) is 3.87. The highest BCUT2D eigenvalue weighted by molar-refractivity contribution is 7.90. The van der Waals surface area contributed by atoms with E-state index in [0.29, 0.717) is 19.7 Å². The molecular formula is C15H22N2O4S. The van der Waals surface area contributed by atoms with E-state index < -0.39 is 10.0 Å². The van der Waals surface area contributed by atoms with Crippen molar-refractivity contribution < 1.29 is 17.6 Å². The van der Waals surface area contributed by atoms with Crippen LogP contribution in [0.2, 0.25) is 0 Å². The maximum atomic E-state index is 12.4. The van der Waals surface area contributed by atoms with Crippen LogP contribution in [-0.4, -0.2) is 61.8 Å². The van der Waals surface area contributed by atoms with Gasteiger partial charge in [-0.05, 0) is 25.0 Å². The number of furan rings is 1. The van der Waals surface area contributed by atoms with E-state index in [2.05, 4.69) is 4.90 Å². The van der Waals surface area contributed by atoms with Crippen molar-refractivity contribution in [3.05, 3.63) is 24.2 Å². The van der Waals surface area contributed by atoms with Crippen molar-refractivity contribution in [1.82, 2.24) is 9.21 Å². The predicted octanol–water partition coefficient (Wildman–Crippen LogP) is 0.904. The Labute approximate surface area is 131 Å². The maximum absolute atomic E-state index is 12.4. The summed E-state index contributed by atoms with van der Waals surface area (Å²) in [6.07, 6.45) is 3.36. The standard InChI is InChI=1S/C15H22N2O4S/c18-22(19,14-3-4-14)17-9-12-8-16(5-7-21-15(12)11-17)10-13-2-1-6-20-13/h1-2,6,12,14-15H,3-5,7-11H2/t12-,15+/m0/s1. The summed E-state index contributed by atoms with van der Waals surface area (Å²) < 4.78 is 37.8. The molecule has 7 heteroatoms. The molecule has 0 N–H and O–H groups in total. The molecule has 1 aromatic heterocycles. The third kappa shape index (κ3) is 2.82. The van der Waals surface area contributed by atoms with Gasteiger partial charge in [-0.3, -0.25) is 4.90 Å². The minimum absolute atomic E-state index is 0.0372. The zero-order valence-corrected chi connectivity index (χ0v) is 13.4. The van der Waals surface area contributed by atoms with Gasteiger partial charge in [-0.25, -0.2) is 8.42 Å².